The van der Waals surface area contributed by atoms with Crippen LogP contribution in [-0.4, -0.2) is 32.8 Å². The SMILES string of the molecule is Cc1c(NC(=O)Cn2c(C(F)(F)F)nc3ccccc32)cccc1C(=O)N1CCc2sccc2C1. The van der Waals surface area contributed by atoms with E-state index in [1.807, 2.05) is 11.4 Å². The Balaban J connectivity index is 1.37. The number of anilines is 1. The highest BCUT2D eigenvalue weighted by Crippen LogP contribution is 2.32. The molecule has 2 aromatic carbocycles. The Morgan fingerprint density at radius 1 is 1.11 bits per heavy atom. The molecule has 5 rings (SSSR count). The van der Waals surface area contributed by atoms with Crippen LogP contribution in [0.2, 0.25) is 0 Å². The van der Waals surface area contributed by atoms with Crippen LogP contribution in [0.1, 0.15) is 32.2 Å². The molecule has 0 aliphatic carbocycles. The normalized spacial score (nSPS) is 13.7. The van der Waals surface area contributed by atoms with Gasteiger partial charge in [-0.1, -0.05) is 18.2 Å². The highest BCUT2D eigenvalue weighted by Gasteiger charge is 2.38. The second-order valence-electron chi connectivity index (χ2n) is 8.38. The van der Waals surface area contributed by atoms with Crippen LogP contribution in [0.5, 0.6) is 0 Å². The third-order valence-corrected chi connectivity index (χ3v) is 7.17. The van der Waals surface area contributed by atoms with Gasteiger partial charge in [0.1, 0.15) is 6.54 Å². The number of hydrogen-bond acceptors (Lipinski definition) is 4. The number of imidazole rings is 1. The number of rotatable bonds is 4. The summed E-state index contributed by atoms with van der Waals surface area (Å²) in [5.74, 6) is -1.92. The van der Waals surface area contributed by atoms with Gasteiger partial charge in [0, 0.05) is 29.2 Å². The number of aromatic nitrogens is 2. The molecular formula is C25H21F3N4O2S. The summed E-state index contributed by atoms with van der Waals surface area (Å²) in [4.78, 5) is 32.8. The van der Waals surface area contributed by atoms with Gasteiger partial charge >= 0.3 is 6.18 Å². The fourth-order valence-electron chi connectivity index (χ4n) is 4.38. The zero-order chi connectivity index (χ0) is 24.7. The summed E-state index contributed by atoms with van der Waals surface area (Å²) in [6.45, 7) is 2.29. The van der Waals surface area contributed by atoms with E-state index in [2.05, 4.69) is 10.3 Å². The molecule has 35 heavy (non-hydrogen) atoms. The maximum absolute atomic E-state index is 13.6. The number of carbonyl (C=O) groups excluding carboxylic acids is 2. The topological polar surface area (TPSA) is 67.2 Å². The second kappa shape index (κ2) is 8.84. The maximum atomic E-state index is 13.6. The summed E-state index contributed by atoms with van der Waals surface area (Å²) in [6, 6.07) is 13.2. The van der Waals surface area contributed by atoms with Crippen LogP contribution in [0, 0.1) is 6.92 Å². The van der Waals surface area contributed by atoms with Gasteiger partial charge in [0.15, 0.2) is 0 Å². The number of thiophene rings is 1. The highest BCUT2D eigenvalue weighted by atomic mass is 32.1. The van der Waals surface area contributed by atoms with Crippen molar-refractivity contribution < 1.29 is 22.8 Å². The van der Waals surface area contributed by atoms with E-state index in [1.54, 1.807) is 53.5 Å². The minimum absolute atomic E-state index is 0.143. The maximum Gasteiger partial charge on any atom is 0.449 e. The summed E-state index contributed by atoms with van der Waals surface area (Å²) >= 11 is 1.69. The third-order valence-electron chi connectivity index (χ3n) is 6.14. The van der Waals surface area contributed by atoms with Crippen LogP contribution in [0.4, 0.5) is 18.9 Å². The monoisotopic (exact) mass is 498 g/mol. The van der Waals surface area contributed by atoms with E-state index in [4.69, 9.17) is 0 Å². The molecule has 10 heteroatoms. The molecule has 0 saturated carbocycles. The van der Waals surface area contributed by atoms with Crippen LogP contribution in [0.15, 0.2) is 53.9 Å². The summed E-state index contributed by atoms with van der Waals surface area (Å²) in [5, 5.41) is 4.70. The number of nitrogens with one attached hydrogen (secondary N) is 1. The molecule has 0 radical (unpaired) electrons. The van der Waals surface area contributed by atoms with Crippen LogP contribution in [-0.2, 0) is 30.5 Å². The lowest BCUT2D eigenvalue weighted by molar-refractivity contribution is -0.147. The lowest BCUT2D eigenvalue weighted by Crippen LogP contribution is -2.35. The average Bonchev–Trinajstić information content (AvgIpc) is 3.44. The zero-order valence-corrected chi connectivity index (χ0v) is 19.5. The number of amides is 2. The van der Waals surface area contributed by atoms with Gasteiger partial charge in [-0.3, -0.25) is 9.59 Å². The first-order valence-electron chi connectivity index (χ1n) is 11.0. The number of nitrogens with zero attached hydrogens (tertiary/aromatic N) is 3. The van der Waals surface area contributed by atoms with E-state index in [-0.39, 0.29) is 16.9 Å². The number of benzene rings is 2. The van der Waals surface area contributed by atoms with Gasteiger partial charge in [0.05, 0.1) is 11.0 Å². The van der Waals surface area contributed by atoms with Crippen molar-refractivity contribution in [1.29, 1.82) is 0 Å². The van der Waals surface area contributed by atoms with Crippen molar-refractivity contribution in [2.24, 2.45) is 0 Å². The number of carbonyl (C=O) groups is 2. The molecule has 0 spiro atoms. The van der Waals surface area contributed by atoms with Crippen molar-refractivity contribution in [3.05, 3.63) is 81.3 Å². The van der Waals surface area contributed by atoms with E-state index in [9.17, 15) is 22.8 Å². The number of fused-ring (bicyclic) bond motifs is 2. The summed E-state index contributed by atoms with van der Waals surface area (Å²) in [7, 11) is 0. The Hall–Kier alpha value is -3.66. The first kappa shape index (κ1) is 23.1. The van der Waals surface area contributed by atoms with Gasteiger partial charge in [0.2, 0.25) is 11.7 Å². The van der Waals surface area contributed by atoms with Gasteiger partial charge < -0.3 is 14.8 Å². The average molecular weight is 499 g/mol. The molecule has 1 N–H and O–H groups in total. The number of hydrogen-bond donors (Lipinski definition) is 1. The molecule has 0 bridgehead atoms. The minimum atomic E-state index is -4.71. The minimum Gasteiger partial charge on any atom is -0.334 e. The van der Waals surface area contributed by atoms with Crippen LogP contribution >= 0.6 is 11.3 Å². The Morgan fingerprint density at radius 3 is 2.71 bits per heavy atom. The van der Waals surface area contributed by atoms with Gasteiger partial charge in [-0.2, -0.15) is 13.2 Å². The van der Waals surface area contributed by atoms with Crippen molar-refractivity contribution in [2.75, 3.05) is 11.9 Å². The Morgan fingerprint density at radius 2 is 1.91 bits per heavy atom. The number of halogens is 3. The van der Waals surface area contributed by atoms with E-state index in [0.717, 1.165) is 16.6 Å². The first-order valence-corrected chi connectivity index (χ1v) is 11.9. The molecule has 0 unspecified atom stereocenters. The van der Waals surface area contributed by atoms with Gasteiger partial charge in [-0.15, -0.1) is 11.3 Å². The largest absolute Gasteiger partial charge is 0.449 e. The standard InChI is InChI=1S/C25H21F3N4O2S/c1-15-17(23(34)31-11-9-21-16(13-31)10-12-35-21)5-4-7-18(15)29-22(33)14-32-20-8-3-2-6-19(20)30-24(32)25(26,27)28/h2-8,10,12H,9,11,13-14H2,1H3,(H,29,33). The lowest BCUT2D eigenvalue weighted by Gasteiger charge is -2.28. The van der Waals surface area contributed by atoms with Crippen LogP contribution < -0.4 is 5.32 Å². The van der Waals surface area contributed by atoms with E-state index < -0.39 is 24.5 Å². The predicted octanol–water partition coefficient (Wildman–Crippen LogP) is 5.26. The van der Waals surface area contributed by atoms with E-state index in [0.29, 0.717) is 29.9 Å². The van der Waals surface area contributed by atoms with Crippen LogP contribution in [0.25, 0.3) is 11.0 Å². The first-order chi connectivity index (χ1) is 16.7. The molecule has 3 heterocycles. The molecule has 2 aromatic heterocycles. The Kier molecular flexibility index (Phi) is 5.84. The second-order valence-corrected chi connectivity index (χ2v) is 9.38. The smallest absolute Gasteiger partial charge is 0.334 e. The number of para-hydroxylation sites is 2. The predicted molar refractivity (Wildman–Crippen MR) is 127 cm³/mol. The molecule has 0 atom stereocenters. The molecule has 0 saturated heterocycles. The molecular weight excluding hydrogens is 477 g/mol. The van der Waals surface area contributed by atoms with Crippen molar-refractivity contribution in [2.45, 2.75) is 32.6 Å². The van der Waals surface area contributed by atoms with Crippen molar-refractivity contribution in [3.63, 3.8) is 0 Å². The molecule has 1 aliphatic rings. The Bertz CT molecular complexity index is 1440. The molecule has 6 nitrogen and oxygen atoms in total. The van der Waals surface area contributed by atoms with Crippen molar-refractivity contribution in [1.82, 2.24) is 14.5 Å². The third kappa shape index (κ3) is 4.41. The van der Waals surface area contributed by atoms with E-state index in [1.165, 1.54) is 17.0 Å². The molecule has 1 aliphatic heterocycles. The molecule has 4 aromatic rings. The summed E-state index contributed by atoms with van der Waals surface area (Å²) < 4.78 is 41.5. The van der Waals surface area contributed by atoms with Gasteiger partial charge in [-0.05, 0) is 60.2 Å². The molecule has 180 valence electrons. The van der Waals surface area contributed by atoms with E-state index >= 15 is 0 Å². The fraction of sp³-hybridized carbons (Fsp3) is 0.240. The summed E-state index contributed by atoms with van der Waals surface area (Å²) in [5.41, 5.74) is 2.91. The quantitative estimate of drug-likeness (QED) is 0.417. The fourth-order valence-corrected chi connectivity index (χ4v) is 5.27. The van der Waals surface area contributed by atoms with Crippen molar-refractivity contribution >= 4 is 39.9 Å². The molecule has 2 amide bonds. The summed E-state index contributed by atoms with van der Waals surface area (Å²) in [6.07, 6.45) is -3.91. The lowest BCUT2D eigenvalue weighted by atomic mass is 10.0. The Labute approximate surface area is 203 Å². The van der Waals surface area contributed by atoms with Gasteiger partial charge in [0.25, 0.3) is 5.91 Å². The molecule has 0 fully saturated rings. The van der Waals surface area contributed by atoms with Crippen LogP contribution in [0.3, 0.4) is 0 Å². The zero-order valence-electron chi connectivity index (χ0n) is 18.7. The number of alkyl halides is 3. The van der Waals surface area contributed by atoms with Crippen molar-refractivity contribution in [3.8, 4) is 0 Å². The highest BCUT2D eigenvalue weighted by molar-refractivity contribution is 7.10. The van der Waals surface area contributed by atoms with Gasteiger partial charge in [-0.25, -0.2) is 4.98 Å².